The molecule has 0 amide bonds. The molecule has 0 saturated heterocycles. The summed E-state index contributed by atoms with van der Waals surface area (Å²) in [6, 6.07) is 9.82. The van der Waals surface area contributed by atoms with Crippen molar-refractivity contribution in [1.29, 1.82) is 0 Å². The van der Waals surface area contributed by atoms with E-state index in [1.807, 2.05) is 12.1 Å². The molecule has 0 aliphatic heterocycles. The third-order valence-corrected chi connectivity index (χ3v) is 3.95. The van der Waals surface area contributed by atoms with Gasteiger partial charge in [-0.25, -0.2) is 4.68 Å². The third-order valence-electron chi connectivity index (χ3n) is 3.95. The molecule has 19 heavy (non-hydrogen) atoms. The number of hydrogen-bond donors (Lipinski definition) is 0. The minimum Gasteiger partial charge on any atom is -0.267 e. The molecule has 1 aliphatic rings. The zero-order valence-electron chi connectivity index (χ0n) is 11.0. The molecule has 1 fully saturated rings. The fraction of sp³-hybridized carbons (Fsp3) is 0.375. The number of hydrogen-bond acceptors (Lipinski definition) is 2. The van der Waals surface area contributed by atoms with Crippen LogP contribution in [-0.2, 0) is 0 Å². The van der Waals surface area contributed by atoms with Crippen LogP contribution in [0, 0.1) is 0 Å². The normalized spacial score (nSPS) is 16.4. The Hall–Kier alpha value is -1.90. The van der Waals surface area contributed by atoms with Gasteiger partial charge >= 0.3 is 0 Å². The maximum absolute atomic E-state index is 12.1. The van der Waals surface area contributed by atoms with Gasteiger partial charge in [-0.1, -0.05) is 31.4 Å². The lowest BCUT2D eigenvalue weighted by Gasteiger charge is -2.21. The first-order chi connectivity index (χ1) is 9.34. The van der Waals surface area contributed by atoms with Crippen molar-refractivity contribution in [2.24, 2.45) is 0 Å². The summed E-state index contributed by atoms with van der Waals surface area (Å²) in [5.74, 6) is 0.614. The van der Waals surface area contributed by atoms with Crippen molar-refractivity contribution in [3.05, 3.63) is 53.9 Å². The quantitative estimate of drug-likeness (QED) is 0.820. The van der Waals surface area contributed by atoms with Crippen molar-refractivity contribution >= 4 is 5.91 Å². The lowest BCUT2D eigenvalue weighted by atomic mass is 9.84. The number of rotatable bonds is 2. The van der Waals surface area contributed by atoms with Crippen molar-refractivity contribution in [2.45, 2.75) is 38.0 Å². The van der Waals surface area contributed by atoms with Gasteiger partial charge in [0.05, 0.1) is 0 Å². The predicted octanol–water partition coefficient (Wildman–Crippen LogP) is 3.62. The summed E-state index contributed by atoms with van der Waals surface area (Å²) < 4.78 is 1.37. The van der Waals surface area contributed by atoms with Crippen LogP contribution in [-0.4, -0.2) is 15.7 Å². The molecule has 1 aromatic carbocycles. The van der Waals surface area contributed by atoms with Crippen LogP contribution in [0.3, 0.4) is 0 Å². The molecule has 1 aliphatic carbocycles. The van der Waals surface area contributed by atoms with Crippen LogP contribution < -0.4 is 0 Å². The lowest BCUT2D eigenvalue weighted by molar-refractivity contribution is 0.0945. The van der Waals surface area contributed by atoms with Crippen LogP contribution >= 0.6 is 0 Å². The fourth-order valence-electron chi connectivity index (χ4n) is 2.86. The molecular weight excluding hydrogens is 236 g/mol. The fourth-order valence-corrected chi connectivity index (χ4v) is 2.86. The zero-order chi connectivity index (χ0) is 13.1. The van der Waals surface area contributed by atoms with E-state index in [1.165, 1.54) is 42.3 Å². The van der Waals surface area contributed by atoms with Gasteiger partial charge in [0.15, 0.2) is 0 Å². The highest BCUT2D eigenvalue weighted by Gasteiger charge is 2.16. The molecule has 0 atom stereocenters. The van der Waals surface area contributed by atoms with Gasteiger partial charge < -0.3 is 0 Å². The second-order valence-corrected chi connectivity index (χ2v) is 5.21. The van der Waals surface area contributed by atoms with E-state index >= 15 is 0 Å². The maximum Gasteiger partial charge on any atom is 0.278 e. The zero-order valence-corrected chi connectivity index (χ0v) is 11.0. The Labute approximate surface area is 113 Å². The van der Waals surface area contributed by atoms with E-state index in [9.17, 15) is 4.79 Å². The summed E-state index contributed by atoms with van der Waals surface area (Å²) in [5.41, 5.74) is 2.07. The number of aromatic nitrogens is 2. The second kappa shape index (κ2) is 5.39. The van der Waals surface area contributed by atoms with Gasteiger partial charge in [0.2, 0.25) is 0 Å². The molecule has 0 bridgehead atoms. The summed E-state index contributed by atoms with van der Waals surface area (Å²) in [4.78, 5) is 12.1. The topological polar surface area (TPSA) is 34.9 Å². The van der Waals surface area contributed by atoms with Crippen molar-refractivity contribution < 1.29 is 4.79 Å². The summed E-state index contributed by atoms with van der Waals surface area (Å²) >= 11 is 0. The van der Waals surface area contributed by atoms with E-state index < -0.39 is 0 Å². The van der Waals surface area contributed by atoms with Gasteiger partial charge in [-0.3, -0.25) is 4.79 Å². The molecule has 1 heterocycles. The van der Waals surface area contributed by atoms with E-state index in [-0.39, 0.29) is 5.91 Å². The van der Waals surface area contributed by atoms with Gasteiger partial charge in [0.1, 0.15) is 0 Å². The number of carbonyl (C=O) groups excluding carboxylic acids is 1. The Kier molecular flexibility index (Phi) is 3.45. The molecule has 0 unspecified atom stereocenters. The molecule has 0 N–H and O–H groups in total. The first kappa shape index (κ1) is 12.2. The van der Waals surface area contributed by atoms with E-state index in [1.54, 1.807) is 18.5 Å². The van der Waals surface area contributed by atoms with Crippen molar-refractivity contribution in [3.8, 4) is 0 Å². The Balaban J connectivity index is 1.77. The average Bonchev–Trinajstić information content (AvgIpc) is 3.02. The van der Waals surface area contributed by atoms with Crippen molar-refractivity contribution in [2.75, 3.05) is 0 Å². The highest BCUT2D eigenvalue weighted by Crippen LogP contribution is 2.32. The Morgan fingerprint density at radius 2 is 1.84 bits per heavy atom. The first-order valence-corrected chi connectivity index (χ1v) is 6.99. The predicted molar refractivity (Wildman–Crippen MR) is 74.2 cm³/mol. The minimum atomic E-state index is -0.0693. The van der Waals surface area contributed by atoms with Crippen LogP contribution in [0.1, 0.15) is 53.9 Å². The van der Waals surface area contributed by atoms with Crippen LogP contribution in [0.15, 0.2) is 42.7 Å². The number of nitrogens with zero attached hydrogens (tertiary/aromatic N) is 2. The van der Waals surface area contributed by atoms with Gasteiger partial charge in [0.25, 0.3) is 5.91 Å². The molecule has 1 saturated carbocycles. The van der Waals surface area contributed by atoms with Gasteiger partial charge in [0, 0.05) is 18.0 Å². The van der Waals surface area contributed by atoms with Crippen LogP contribution in [0.5, 0.6) is 0 Å². The standard InChI is InChI=1S/C16H18N2O/c19-16(18-12-4-11-17-18)15-9-7-14(8-10-15)13-5-2-1-3-6-13/h4,7-13H,1-3,5-6H2. The summed E-state index contributed by atoms with van der Waals surface area (Å²) in [6.45, 7) is 0. The molecule has 1 aromatic heterocycles. The van der Waals surface area contributed by atoms with Crippen molar-refractivity contribution in [1.82, 2.24) is 9.78 Å². The molecule has 3 rings (SSSR count). The monoisotopic (exact) mass is 254 g/mol. The van der Waals surface area contributed by atoms with Crippen molar-refractivity contribution in [3.63, 3.8) is 0 Å². The Morgan fingerprint density at radius 3 is 2.47 bits per heavy atom. The Bertz CT molecular complexity index is 537. The minimum absolute atomic E-state index is 0.0693. The summed E-state index contributed by atoms with van der Waals surface area (Å²) in [7, 11) is 0. The highest BCUT2D eigenvalue weighted by atomic mass is 16.2. The smallest absolute Gasteiger partial charge is 0.267 e. The summed E-state index contributed by atoms with van der Waals surface area (Å²) in [5, 5.41) is 3.97. The maximum atomic E-state index is 12.1. The average molecular weight is 254 g/mol. The SMILES string of the molecule is O=C(c1ccc(C2CCCCC2)cc1)n1cccn1. The third kappa shape index (κ3) is 2.60. The Morgan fingerprint density at radius 1 is 1.11 bits per heavy atom. The van der Waals surface area contributed by atoms with Crippen LogP contribution in [0.2, 0.25) is 0 Å². The molecule has 0 radical (unpaired) electrons. The molecule has 0 spiro atoms. The molecule has 3 heteroatoms. The van der Waals surface area contributed by atoms with Crippen LogP contribution in [0.25, 0.3) is 0 Å². The highest BCUT2D eigenvalue weighted by molar-refractivity contribution is 5.95. The van der Waals surface area contributed by atoms with Gasteiger partial charge in [-0.05, 0) is 42.5 Å². The first-order valence-electron chi connectivity index (χ1n) is 6.99. The lowest BCUT2D eigenvalue weighted by Crippen LogP contribution is -2.12. The van der Waals surface area contributed by atoms with E-state index in [0.717, 1.165) is 0 Å². The van der Waals surface area contributed by atoms with E-state index in [2.05, 4.69) is 17.2 Å². The van der Waals surface area contributed by atoms with Gasteiger partial charge in [-0.2, -0.15) is 5.10 Å². The van der Waals surface area contributed by atoms with Crippen LogP contribution in [0.4, 0.5) is 0 Å². The number of carbonyl (C=O) groups is 1. The van der Waals surface area contributed by atoms with Gasteiger partial charge in [-0.15, -0.1) is 0 Å². The van der Waals surface area contributed by atoms with E-state index in [4.69, 9.17) is 0 Å². The molecular formula is C16H18N2O. The molecule has 98 valence electrons. The molecule has 3 nitrogen and oxygen atoms in total. The summed E-state index contributed by atoms with van der Waals surface area (Å²) in [6.07, 6.45) is 9.90. The van der Waals surface area contributed by atoms with E-state index in [0.29, 0.717) is 11.5 Å². The molecule has 2 aromatic rings. The largest absolute Gasteiger partial charge is 0.278 e. The second-order valence-electron chi connectivity index (χ2n) is 5.21. The number of benzene rings is 1.